The zero-order chi connectivity index (χ0) is 9.00. The second-order valence-electron chi connectivity index (χ2n) is 0.875. The molecule has 0 rings (SSSR count). The largest absolute Gasteiger partial charge is 4.00 e. The van der Waals surface area contributed by atoms with Crippen molar-refractivity contribution in [1.82, 2.24) is 0 Å². The molecule has 0 aliphatic rings. The zero-order valence-electron chi connectivity index (χ0n) is 4.66. The molecule has 0 aromatic heterocycles. The van der Waals surface area contributed by atoms with Crippen molar-refractivity contribution in [2.75, 3.05) is 0 Å². The van der Waals surface area contributed by atoms with E-state index in [1.54, 1.807) is 0 Å². The Balaban J connectivity index is -0.000000107. The fourth-order valence-electron chi connectivity index (χ4n) is 0. The van der Waals surface area contributed by atoms with E-state index < -0.39 is 24.6 Å². The maximum Gasteiger partial charge on any atom is 4.00 e. The van der Waals surface area contributed by atoms with Crippen LogP contribution < -0.4 is 18.4 Å². The predicted octanol–water partition coefficient (Wildman–Crippen LogP) is -4.81. The van der Waals surface area contributed by atoms with E-state index in [9.17, 15) is 0 Å². The van der Waals surface area contributed by atoms with Crippen molar-refractivity contribution >= 4 is 7.82 Å². The Morgan fingerprint density at radius 3 is 1.18 bits per heavy atom. The standard InChI is InChI=1S/H3O4P.H2O.3O.W.Zr/c1-5(2,3)4;;;;;;/h(H3,1,2,3,4);1H2;;;;;/q;;;;-1;+1;+4/p-4. The molecule has 0 spiro atoms. The summed E-state index contributed by atoms with van der Waals surface area (Å²) < 4.78 is 41.9. The van der Waals surface area contributed by atoms with E-state index in [4.69, 9.17) is 33.6 Å². The Morgan fingerprint density at radius 2 is 1.18 bits per heavy atom. The van der Waals surface area contributed by atoms with Crippen LogP contribution in [0.25, 0.3) is 0 Å². The Labute approximate surface area is 84.0 Å². The van der Waals surface area contributed by atoms with Gasteiger partial charge in [-0.15, -0.1) is 0 Å². The molecule has 0 aromatic carbocycles. The Hall–Kier alpha value is 1.20. The van der Waals surface area contributed by atoms with Gasteiger partial charge in [-0.1, -0.05) is 0 Å². The van der Waals surface area contributed by atoms with Gasteiger partial charge in [0.1, 0.15) is 0 Å². The van der Waals surface area contributed by atoms with Gasteiger partial charge >= 0.3 is 57.3 Å². The molecule has 0 aliphatic carbocycles. The molecule has 0 bridgehead atoms. The minimum absolute atomic E-state index is 0. The van der Waals surface area contributed by atoms with Crippen molar-refractivity contribution < 1.29 is 76.5 Å². The van der Waals surface area contributed by atoms with E-state index in [1.165, 1.54) is 0 Å². The fraction of sp³-hybridized carbons (Fsp3) is 0. The van der Waals surface area contributed by atoms with Gasteiger partial charge in [-0.3, -0.25) is 0 Å². The molecule has 0 atom stereocenters. The number of phosphoric acid groups is 1. The third kappa shape index (κ3) is 657. The first-order chi connectivity index (χ1) is 4.00. The van der Waals surface area contributed by atoms with Crippen LogP contribution in [-0.4, -0.2) is 3.76 Å². The van der Waals surface area contributed by atoms with E-state index in [-0.39, 0.29) is 26.2 Å². The van der Waals surface area contributed by atoms with Crippen LogP contribution in [0.4, 0.5) is 0 Å². The molecular formula is HO8PWZr. The van der Waals surface area contributed by atoms with Crippen LogP contribution in [0.2, 0.25) is 0 Å². The molecule has 0 saturated heterocycles. The normalized spacial score (nSPS) is 10.6. The van der Waals surface area contributed by atoms with Crippen LogP contribution in [0.1, 0.15) is 0 Å². The SMILES string of the molecule is O=P([O-])([O-])[O-].[O]=[W](=[O])([O-])[OH].[Zr+4]. The smallest absolute Gasteiger partial charge is 4.00 e. The Morgan fingerprint density at radius 1 is 1.18 bits per heavy atom. The number of hydrogen-bond donors (Lipinski definition) is 1. The Kier molecular flexibility index (Phi) is 11.0. The van der Waals surface area contributed by atoms with Gasteiger partial charge in [0.05, 0.1) is 0 Å². The molecule has 11 heteroatoms. The minimum atomic E-state index is -5.92. The van der Waals surface area contributed by atoms with Crippen molar-refractivity contribution in [3.8, 4) is 0 Å². The average Bonchev–Trinajstić information content (AvgIpc) is 1.12. The van der Waals surface area contributed by atoms with Gasteiger partial charge in [-0.25, -0.2) is 0 Å². The van der Waals surface area contributed by atoms with Crippen LogP contribution in [0.15, 0.2) is 0 Å². The third-order valence-corrected chi connectivity index (χ3v) is 0. The first-order valence-electron chi connectivity index (χ1n) is 1.41. The summed E-state index contributed by atoms with van der Waals surface area (Å²) in [5, 5.41) is 0. The molecular weight excluding hydrogens is 434 g/mol. The van der Waals surface area contributed by atoms with Gasteiger partial charge in [0.25, 0.3) is 0 Å². The topological polar surface area (TPSA) is 164 Å². The molecule has 64 valence electrons. The molecule has 0 aliphatic heterocycles. The molecule has 0 aromatic rings. The summed E-state index contributed by atoms with van der Waals surface area (Å²) in [6.45, 7) is 0. The molecule has 1 N–H and O–H groups in total. The van der Waals surface area contributed by atoms with Crippen molar-refractivity contribution in [3.63, 3.8) is 0 Å². The molecule has 8 nitrogen and oxygen atoms in total. The second kappa shape index (κ2) is 6.69. The van der Waals surface area contributed by atoms with Gasteiger partial charge in [-0.05, 0) is 0 Å². The number of rotatable bonds is 0. The predicted molar refractivity (Wildman–Crippen MR) is 11.2 cm³/mol. The van der Waals surface area contributed by atoms with Crippen molar-refractivity contribution in [2.45, 2.75) is 0 Å². The summed E-state index contributed by atoms with van der Waals surface area (Å²) in [5.41, 5.74) is 0. The second-order valence-corrected chi connectivity index (χ2v) is 4.84. The monoisotopic (exact) mass is 434 g/mol. The van der Waals surface area contributed by atoms with Crippen LogP contribution in [-0.2, 0) is 54.3 Å². The van der Waals surface area contributed by atoms with Crippen LogP contribution in [0.5, 0.6) is 0 Å². The number of hydrogen-bond acceptors (Lipinski definition) is 7. The van der Waals surface area contributed by atoms with E-state index in [2.05, 4.69) is 0 Å². The van der Waals surface area contributed by atoms with Crippen LogP contribution in [0, 0.1) is 0 Å². The average molecular weight is 435 g/mol. The molecule has 0 heterocycles. The fourth-order valence-corrected chi connectivity index (χ4v) is 0. The van der Waals surface area contributed by atoms with Gasteiger partial charge in [0.2, 0.25) is 0 Å². The van der Waals surface area contributed by atoms with Crippen molar-refractivity contribution in [1.29, 1.82) is 0 Å². The zero-order valence-corrected chi connectivity index (χ0v) is 10.9. The van der Waals surface area contributed by atoms with E-state index in [1.807, 2.05) is 0 Å². The quantitative estimate of drug-likeness (QED) is 0.371. The summed E-state index contributed by atoms with van der Waals surface area (Å²) in [5.74, 6) is 0. The molecule has 11 heavy (non-hydrogen) atoms. The summed E-state index contributed by atoms with van der Waals surface area (Å²) in [7, 11) is -5.39. The van der Waals surface area contributed by atoms with Gasteiger partial charge < -0.3 is 19.2 Å². The molecule has 0 fully saturated rings. The maximum atomic E-state index is 8.76. The van der Waals surface area contributed by atoms with Crippen molar-refractivity contribution in [3.05, 3.63) is 0 Å². The molecule has 0 amide bonds. The van der Waals surface area contributed by atoms with E-state index >= 15 is 0 Å². The first-order valence-corrected chi connectivity index (χ1v) is 7.78. The minimum Gasteiger partial charge on any atom is 4.00 e. The van der Waals surface area contributed by atoms with E-state index in [0.717, 1.165) is 0 Å². The van der Waals surface area contributed by atoms with Crippen LogP contribution in [0.3, 0.4) is 0 Å². The summed E-state index contributed by atoms with van der Waals surface area (Å²) in [6.07, 6.45) is 0. The van der Waals surface area contributed by atoms with Crippen LogP contribution >= 0.6 is 7.82 Å². The molecule has 0 radical (unpaired) electrons. The van der Waals surface area contributed by atoms with Gasteiger partial charge in [0.15, 0.2) is 0 Å². The van der Waals surface area contributed by atoms with Crippen molar-refractivity contribution in [2.24, 2.45) is 0 Å². The first kappa shape index (κ1) is 18.1. The van der Waals surface area contributed by atoms with E-state index in [0.29, 0.717) is 0 Å². The molecule has 0 unspecified atom stereocenters. The summed E-state index contributed by atoms with van der Waals surface area (Å²) in [6, 6.07) is 0. The van der Waals surface area contributed by atoms with Gasteiger partial charge in [0, 0.05) is 0 Å². The Bertz CT molecular complexity index is 192. The maximum absolute atomic E-state index is 8.76. The van der Waals surface area contributed by atoms with Gasteiger partial charge in [-0.2, -0.15) is 7.82 Å². The third-order valence-electron chi connectivity index (χ3n) is 0. The molecule has 0 saturated carbocycles. The summed E-state index contributed by atoms with van der Waals surface area (Å²) in [4.78, 5) is 25.6. The summed E-state index contributed by atoms with van der Waals surface area (Å²) >= 11 is -5.92.